The standard InChI is InChI=1S/C11H11F3N2O2/c1-2-18-8(17)4-7-15-10-6(13)3-5(12)9(14)11(10)16-7/h3,7,15-16H,2,4H2,1H3. The summed E-state index contributed by atoms with van der Waals surface area (Å²) >= 11 is 0. The van der Waals surface area contributed by atoms with Crippen molar-refractivity contribution in [3.63, 3.8) is 0 Å². The minimum absolute atomic E-state index is 0.122. The molecule has 0 aromatic heterocycles. The highest BCUT2D eigenvalue weighted by Gasteiger charge is 2.29. The number of benzene rings is 1. The SMILES string of the molecule is CCOC(=O)CC1Nc2c(F)cc(F)c(F)c2N1. The Morgan fingerprint density at radius 2 is 1.94 bits per heavy atom. The first-order chi connectivity index (χ1) is 8.52. The summed E-state index contributed by atoms with van der Waals surface area (Å²) in [5.41, 5.74) is -0.481. The highest BCUT2D eigenvalue weighted by atomic mass is 19.2. The average Bonchev–Trinajstić information content (AvgIpc) is 2.71. The summed E-state index contributed by atoms with van der Waals surface area (Å²) in [6.45, 7) is 1.87. The van der Waals surface area contributed by atoms with E-state index in [1.807, 2.05) is 0 Å². The van der Waals surface area contributed by atoms with Gasteiger partial charge >= 0.3 is 5.97 Å². The maximum Gasteiger partial charge on any atom is 0.309 e. The van der Waals surface area contributed by atoms with Gasteiger partial charge in [0.1, 0.15) is 11.9 Å². The maximum atomic E-state index is 13.4. The van der Waals surface area contributed by atoms with Gasteiger partial charge in [-0.15, -0.1) is 0 Å². The van der Waals surface area contributed by atoms with E-state index in [1.165, 1.54) is 0 Å². The van der Waals surface area contributed by atoms with E-state index in [-0.39, 0.29) is 24.4 Å². The first-order valence-electron chi connectivity index (χ1n) is 5.39. The van der Waals surface area contributed by atoms with E-state index in [1.54, 1.807) is 6.92 Å². The van der Waals surface area contributed by atoms with Crippen molar-refractivity contribution in [2.24, 2.45) is 0 Å². The summed E-state index contributed by atoms with van der Waals surface area (Å²) in [7, 11) is 0. The van der Waals surface area contributed by atoms with E-state index in [9.17, 15) is 18.0 Å². The van der Waals surface area contributed by atoms with Gasteiger partial charge in [0.15, 0.2) is 17.5 Å². The van der Waals surface area contributed by atoms with Crippen molar-refractivity contribution in [2.45, 2.75) is 19.5 Å². The van der Waals surface area contributed by atoms with Crippen molar-refractivity contribution in [1.29, 1.82) is 0 Å². The Labute approximate surface area is 101 Å². The van der Waals surface area contributed by atoms with Crippen LogP contribution in [0.5, 0.6) is 0 Å². The molecule has 1 aromatic carbocycles. The number of hydrogen-bond donors (Lipinski definition) is 2. The lowest BCUT2D eigenvalue weighted by atomic mass is 10.2. The van der Waals surface area contributed by atoms with Gasteiger partial charge in [0.05, 0.1) is 18.7 Å². The number of anilines is 2. The monoisotopic (exact) mass is 260 g/mol. The quantitative estimate of drug-likeness (QED) is 0.646. The van der Waals surface area contributed by atoms with Crippen molar-refractivity contribution in [2.75, 3.05) is 17.2 Å². The Balaban J connectivity index is 2.15. The van der Waals surface area contributed by atoms with Gasteiger partial charge in [0.2, 0.25) is 0 Å². The lowest BCUT2D eigenvalue weighted by Gasteiger charge is -2.10. The molecule has 1 heterocycles. The maximum absolute atomic E-state index is 13.4. The fraction of sp³-hybridized carbons (Fsp3) is 0.364. The molecular formula is C11H11F3N2O2. The molecule has 0 bridgehead atoms. The van der Waals surface area contributed by atoms with Crippen LogP contribution in [-0.2, 0) is 9.53 Å². The molecule has 1 unspecified atom stereocenters. The summed E-state index contributed by atoms with van der Waals surface area (Å²) in [6, 6.07) is 0.454. The van der Waals surface area contributed by atoms with Crippen molar-refractivity contribution >= 4 is 17.3 Å². The summed E-state index contributed by atoms with van der Waals surface area (Å²) in [6.07, 6.45) is -0.840. The molecule has 4 nitrogen and oxygen atoms in total. The first kappa shape index (κ1) is 12.5. The second-order valence-electron chi connectivity index (χ2n) is 3.75. The van der Waals surface area contributed by atoms with Crippen LogP contribution in [0.25, 0.3) is 0 Å². The van der Waals surface area contributed by atoms with Crippen LogP contribution < -0.4 is 10.6 Å². The third kappa shape index (κ3) is 2.20. The van der Waals surface area contributed by atoms with Crippen LogP contribution in [-0.4, -0.2) is 18.7 Å². The number of carbonyl (C=O) groups is 1. The molecule has 2 rings (SSSR count). The zero-order chi connectivity index (χ0) is 13.3. The summed E-state index contributed by atoms with van der Waals surface area (Å²) < 4.78 is 44.4. The van der Waals surface area contributed by atoms with Gasteiger partial charge in [0.25, 0.3) is 0 Å². The van der Waals surface area contributed by atoms with Gasteiger partial charge in [-0.05, 0) is 6.92 Å². The lowest BCUT2D eigenvalue weighted by molar-refractivity contribution is -0.143. The molecular weight excluding hydrogens is 249 g/mol. The molecule has 0 amide bonds. The topological polar surface area (TPSA) is 50.4 Å². The number of fused-ring (bicyclic) bond motifs is 1. The van der Waals surface area contributed by atoms with E-state index < -0.39 is 29.6 Å². The highest BCUT2D eigenvalue weighted by Crippen LogP contribution is 2.36. The number of ether oxygens (including phenoxy) is 1. The first-order valence-corrected chi connectivity index (χ1v) is 5.39. The summed E-state index contributed by atoms with van der Waals surface area (Å²) in [5, 5.41) is 5.07. The van der Waals surface area contributed by atoms with E-state index in [4.69, 9.17) is 4.74 Å². The van der Waals surface area contributed by atoms with Gasteiger partial charge < -0.3 is 15.4 Å². The molecule has 1 aliphatic rings. The van der Waals surface area contributed by atoms with Crippen molar-refractivity contribution in [3.05, 3.63) is 23.5 Å². The van der Waals surface area contributed by atoms with Gasteiger partial charge in [-0.1, -0.05) is 0 Å². The van der Waals surface area contributed by atoms with Gasteiger partial charge in [0, 0.05) is 6.07 Å². The molecule has 0 saturated heterocycles. The van der Waals surface area contributed by atoms with Crippen molar-refractivity contribution in [1.82, 2.24) is 0 Å². The van der Waals surface area contributed by atoms with Gasteiger partial charge in [-0.25, -0.2) is 13.2 Å². The third-order valence-corrected chi connectivity index (χ3v) is 2.48. The van der Waals surface area contributed by atoms with Crippen LogP contribution in [0.4, 0.5) is 24.5 Å². The number of hydrogen-bond acceptors (Lipinski definition) is 4. The molecule has 1 aliphatic heterocycles. The molecule has 98 valence electrons. The van der Waals surface area contributed by atoms with Crippen LogP contribution in [0.15, 0.2) is 6.07 Å². The van der Waals surface area contributed by atoms with Crippen LogP contribution in [0.1, 0.15) is 13.3 Å². The van der Waals surface area contributed by atoms with Crippen LogP contribution in [0.3, 0.4) is 0 Å². The summed E-state index contributed by atoms with van der Waals surface area (Å²) in [5.74, 6) is -3.89. The largest absolute Gasteiger partial charge is 0.466 e. The molecule has 0 aliphatic carbocycles. The second-order valence-corrected chi connectivity index (χ2v) is 3.75. The van der Waals surface area contributed by atoms with Crippen LogP contribution >= 0.6 is 0 Å². The van der Waals surface area contributed by atoms with Crippen LogP contribution in [0, 0.1) is 17.5 Å². The van der Waals surface area contributed by atoms with E-state index in [0.717, 1.165) is 0 Å². The summed E-state index contributed by atoms with van der Waals surface area (Å²) in [4.78, 5) is 11.2. The number of rotatable bonds is 3. The van der Waals surface area contributed by atoms with Gasteiger partial charge in [-0.3, -0.25) is 4.79 Å². The number of carbonyl (C=O) groups excluding carboxylic acids is 1. The fourth-order valence-electron chi connectivity index (χ4n) is 1.75. The Kier molecular flexibility index (Phi) is 3.31. The Morgan fingerprint density at radius 1 is 1.28 bits per heavy atom. The highest BCUT2D eigenvalue weighted by molar-refractivity contribution is 5.79. The second kappa shape index (κ2) is 4.75. The molecule has 2 N–H and O–H groups in total. The predicted octanol–water partition coefficient (Wildman–Crippen LogP) is 2.22. The Bertz CT molecular complexity index is 494. The minimum atomic E-state index is -1.28. The average molecular weight is 260 g/mol. The lowest BCUT2D eigenvalue weighted by Crippen LogP contribution is -2.26. The third-order valence-electron chi connectivity index (χ3n) is 2.48. The van der Waals surface area contributed by atoms with Crippen molar-refractivity contribution < 1.29 is 22.7 Å². The smallest absolute Gasteiger partial charge is 0.309 e. The molecule has 0 spiro atoms. The molecule has 0 radical (unpaired) electrons. The molecule has 0 fully saturated rings. The number of nitrogens with one attached hydrogen (secondary N) is 2. The zero-order valence-electron chi connectivity index (χ0n) is 9.52. The zero-order valence-corrected chi connectivity index (χ0v) is 9.52. The molecule has 1 aromatic rings. The van der Waals surface area contributed by atoms with Gasteiger partial charge in [-0.2, -0.15) is 0 Å². The molecule has 7 heteroatoms. The van der Waals surface area contributed by atoms with Crippen molar-refractivity contribution in [3.8, 4) is 0 Å². The number of esters is 1. The number of halogens is 3. The Morgan fingerprint density at radius 3 is 2.61 bits per heavy atom. The molecule has 18 heavy (non-hydrogen) atoms. The molecule has 1 atom stereocenters. The van der Waals surface area contributed by atoms with Crippen LogP contribution in [0.2, 0.25) is 0 Å². The predicted molar refractivity (Wildman–Crippen MR) is 58.6 cm³/mol. The normalized spacial score (nSPS) is 16.8. The van der Waals surface area contributed by atoms with E-state index in [0.29, 0.717) is 6.07 Å². The minimum Gasteiger partial charge on any atom is -0.466 e. The van der Waals surface area contributed by atoms with E-state index >= 15 is 0 Å². The molecule has 0 saturated carbocycles. The van der Waals surface area contributed by atoms with E-state index in [2.05, 4.69) is 10.6 Å². The Hall–Kier alpha value is -1.92. The fourth-order valence-corrected chi connectivity index (χ4v) is 1.75.